The van der Waals surface area contributed by atoms with Crippen molar-refractivity contribution >= 4 is 5.97 Å². The van der Waals surface area contributed by atoms with Gasteiger partial charge in [-0.2, -0.15) is 0 Å². The van der Waals surface area contributed by atoms with E-state index in [2.05, 4.69) is 12.1 Å². The molecule has 0 aliphatic rings. The number of hydrogen-bond donors (Lipinski definition) is 0. The van der Waals surface area contributed by atoms with Crippen molar-refractivity contribution in [3.05, 3.63) is 35.9 Å². The highest BCUT2D eigenvalue weighted by Crippen LogP contribution is 2.04. The number of carbonyl (C=O) groups excluding carboxylic acids is 1. The molecule has 0 atom stereocenters. The van der Waals surface area contributed by atoms with E-state index in [0.717, 1.165) is 19.3 Å². The molecule has 0 aromatic heterocycles. The van der Waals surface area contributed by atoms with Crippen molar-refractivity contribution in [3.8, 4) is 0 Å². The molecule has 0 aliphatic heterocycles. The number of ether oxygens (including phenoxy) is 2. The molecular formula is C14H20O3. The summed E-state index contributed by atoms with van der Waals surface area (Å²) in [6.45, 7) is 2.89. The van der Waals surface area contributed by atoms with Crippen LogP contribution in [0.2, 0.25) is 0 Å². The van der Waals surface area contributed by atoms with Gasteiger partial charge in [0.15, 0.2) is 0 Å². The van der Waals surface area contributed by atoms with Crippen molar-refractivity contribution in [1.82, 2.24) is 0 Å². The van der Waals surface area contributed by atoms with Crippen molar-refractivity contribution in [2.24, 2.45) is 0 Å². The molecule has 0 N–H and O–H groups in total. The summed E-state index contributed by atoms with van der Waals surface area (Å²) in [5, 5.41) is 0. The average Bonchev–Trinajstić information content (AvgIpc) is 2.35. The predicted molar refractivity (Wildman–Crippen MR) is 66.8 cm³/mol. The summed E-state index contributed by atoms with van der Waals surface area (Å²) >= 11 is 0. The maximum atomic E-state index is 11.0. The number of rotatable bonds is 8. The highest BCUT2D eigenvalue weighted by molar-refractivity contribution is 5.70. The van der Waals surface area contributed by atoms with Crippen LogP contribution >= 0.6 is 0 Å². The highest BCUT2D eigenvalue weighted by Gasteiger charge is 2.00. The first-order valence-electron chi connectivity index (χ1n) is 6.10. The fourth-order valence-electron chi connectivity index (χ4n) is 1.54. The Bertz CT molecular complexity index is 309. The van der Waals surface area contributed by atoms with E-state index < -0.39 is 0 Å². The Hall–Kier alpha value is -1.35. The minimum absolute atomic E-state index is 0.0686. The molecule has 0 unspecified atom stereocenters. The second-order valence-corrected chi connectivity index (χ2v) is 3.80. The zero-order chi connectivity index (χ0) is 12.3. The van der Waals surface area contributed by atoms with E-state index in [1.165, 1.54) is 5.56 Å². The predicted octanol–water partition coefficient (Wildman–Crippen LogP) is 2.59. The molecule has 0 spiro atoms. The maximum absolute atomic E-state index is 11.0. The summed E-state index contributed by atoms with van der Waals surface area (Å²) in [6.07, 6.45) is 3.10. The minimum Gasteiger partial charge on any atom is -0.464 e. The molecule has 1 rings (SSSR count). The molecule has 3 nitrogen and oxygen atoms in total. The Morgan fingerprint density at radius 2 is 1.94 bits per heavy atom. The first-order valence-corrected chi connectivity index (χ1v) is 6.10. The van der Waals surface area contributed by atoms with E-state index in [4.69, 9.17) is 9.47 Å². The fraction of sp³-hybridized carbons (Fsp3) is 0.500. The topological polar surface area (TPSA) is 35.5 Å². The van der Waals surface area contributed by atoms with E-state index in [-0.39, 0.29) is 12.6 Å². The van der Waals surface area contributed by atoms with E-state index in [1.54, 1.807) is 6.92 Å². The van der Waals surface area contributed by atoms with Gasteiger partial charge in [-0.1, -0.05) is 30.3 Å². The third-order valence-electron chi connectivity index (χ3n) is 2.37. The van der Waals surface area contributed by atoms with Crippen LogP contribution in [0.4, 0.5) is 0 Å². The van der Waals surface area contributed by atoms with E-state index in [1.807, 2.05) is 18.2 Å². The third-order valence-corrected chi connectivity index (χ3v) is 2.37. The standard InChI is InChI=1S/C14H20O3/c1-2-17-14(15)12-16-11-7-6-10-13-8-4-3-5-9-13/h3-5,8-9H,2,6-7,10-12H2,1H3. The average molecular weight is 236 g/mol. The molecule has 0 radical (unpaired) electrons. The van der Waals surface area contributed by atoms with Crippen molar-refractivity contribution in [3.63, 3.8) is 0 Å². The summed E-state index contributed by atoms with van der Waals surface area (Å²) in [6, 6.07) is 10.4. The van der Waals surface area contributed by atoms with Crippen LogP contribution in [-0.4, -0.2) is 25.8 Å². The molecular weight excluding hydrogens is 216 g/mol. The molecule has 17 heavy (non-hydrogen) atoms. The Balaban J connectivity index is 1.96. The van der Waals surface area contributed by atoms with Crippen LogP contribution in [0.25, 0.3) is 0 Å². The lowest BCUT2D eigenvalue weighted by atomic mass is 10.1. The fourth-order valence-corrected chi connectivity index (χ4v) is 1.54. The van der Waals surface area contributed by atoms with E-state index in [9.17, 15) is 4.79 Å². The van der Waals surface area contributed by atoms with Crippen molar-refractivity contribution < 1.29 is 14.3 Å². The Labute approximate surface area is 103 Å². The largest absolute Gasteiger partial charge is 0.464 e. The lowest BCUT2D eigenvalue weighted by Crippen LogP contribution is -2.12. The van der Waals surface area contributed by atoms with Crippen LogP contribution in [0.3, 0.4) is 0 Å². The molecule has 94 valence electrons. The second kappa shape index (κ2) is 8.76. The smallest absolute Gasteiger partial charge is 0.332 e. The second-order valence-electron chi connectivity index (χ2n) is 3.80. The maximum Gasteiger partial charge on any atom is 0.332 e. The number of benzene rings is 1. The van der Waals surface area contributed by atoms with Crippen LogP contribution in [0.15, 0.2) is 30.3 Å². The first kappa shape index (κ1) is 13.7. The molecule has 3 heteroatoms. The first-order chi connectivity index (χ1) is 8.33. The Morgan fingerprint density at radius 1 is 1.18 bits per heavy atom. The van der Waals surface area contributed by atoms with Crippen molar-refractivity contribution in [2.75, 3.05) is 19.8 Å². The molecule has 1 aromatic carbocycles. The van der Waals surface area contributed by atoms with Gasteiger partial charge in [0.2, 0.25) is 0 Å². The van der Waals surface area contributed by atoms with Crippen LogP contribution in [0.5, 0.6) is 0 Å². The van der Waals surface area contributed by atoms with Gasteiger partial charge in [-0.05, 0) is 31.7 Å². The van der Waals surface area contributed by atoms with Gasteiger partial charge < -0.3 is 9.47 Å². The molecule has 0 fully saturated rings. The molecule has 0 amide bonds. The molecule has 1 aromatic rings. The van der Waals surface area contributed by atoms with Crippen molar-refractivity contribution in [1.29, 1.82) is 0 Å². The van der Waals surface area contributed by atoms with Gasteiger partial charge in [0.25, 0.3) is 0 Å². The summed E-state index contributed by atoms with van der Waals surface area (Å²) in [5.41, 5.74) is 1.35. The quantitative estimate of drug-likeness (QED) is 0.514. The number of esters is 1. The summed E-state index contributed by atoms with van der Waals surface area (Å²) < 4.78 is 9.97. The minimum atomic E-state index is -0.282. The number of hydrogen-bond acceptors (Lipinski definition) is 3. The molecule has 0 saturated carbocycles. The van der Waals surface area contributed by atoms with Gasteiger partial charge in [0.05, 0.1) is 6.61 Å². The summed E-state index contributed by atoms with van der Waals surface area (Å²) in [5.74, 6) is -0.282. The van der Waals surface area contributed by atoms with E-state index in [0.29, 0.717) is 13.2 Å². The lowest BCUT2D eigenvalue weighted by Gasteiger charge is -2.04. The van der Waals surface area contributed by atoms with Gasteiger partial charge in [0, 0.05) is 6.61 Å². The van der Waals surface area contributed by atoms with Gasteiger partial charge in [-0.25, -0.2) is 4.79 Å². The number of aryl methyl sites for hydroxylation is 1. The van der Waals surface area contributed by atoms with Gasteiger partial charge in [-0.3, -0.25) is 0 Å². The van der Waals surface area contributed by atoms with Crippen molar-refractivity contribution in [2.45, 2.75) is 26.2 Å². The van der Waals surface area contributed by atoms with Crippen LogP contribution in [-0.2, 0) is 20.7 Å². The Kier molecular flexibility index (Phi) is 7.07. The SMILES string of the molecule is CCOC(=O)COCCCCc1ccccc1. The zero-order valence-corrected chi connectivity index (χ0v) is 10.4. The molecule has 0 saturated heterocycles. The highest BCUT2D eigenvalue weighted by atomic mass is 16.6. The normalized spacial score (nSPS) is 10.2. The Morgan fingerprint density at radius 3 is 2.65 bits per heavy atom. The molecule has 0 heterocycles. The van der Waals surface area contributed by atoms with Gasteiger partial charge in [0.1, 0.15) is 6.61 Å². The molecule has 0 aliphatic carbocycles. The van der Waals surface area contributed by atoms with Gasteiger partial charge >= 0.3 is 5.97 Å². The number of carbonyl (C=O) groups is 1. The number of unbranched alkanes of at least 4 members (excludes halogenated alkanes) is 1. The summed E-state index contributed by atoms with van der Waals surface area (Å²) in [7, 11) is 0. The van der Waals surface area contributed by atoms with Crippen LogP contribution in [0, 0.1) is 0 Å². The van der Waals surface area contributed by atoms with E-state index >= 15 is 0 Å². The van der Waals surface area contributed by atoms with Crippen LogP contribution < -0.4 is 0 Å². The monoisotopic (exact) mass is 236 g/mol. The third kappa shape index (κ3) is 6.74. The molecule has 0 bridgehead atoms. The van der Waals surface area contributed by atoms with Crippen LogP contribution in [0.1, 0.15) is 25.3 Å². The zero-order valence-electron chi connectivity index (χ0n) is 10.4. The summed E-state index contributed by atoms with van der Waals surface area (Å²) in [4.78, 5) is 11.0. The lowest BCUT2D eigenvalue weighted by molar-refractivity contribution is -0.148. The van der Waals surface area contributed by atoms with Gasteiger partial charge in [-0.15, -0.1) is 0 Å².